The van der Waals surface area contributed by atoms with E-state index in [4.69, 9.17) is 5.11 Å². The molecule has 1 N–H and O–H groups in total. The summed E-state index contributed by atoms with van der Waals surface area (Å²) in [6, 6.07) is 5.58. The van der Waals surface area contributed by atoms with Gasteiger partial charge >= 0.3 is 5.97 Å². The Bertz CT molecular complexity index is 258. The number of carbonyl (C=O) groups is 1. The molecular formula is C7H5FO2S. The fourth-order valence-corrected chi connectivity index (χ4v) is 0.888. The van der Waals surface area contributed by atoms with Gasteiger partial charge in [-0.3, -0.25) is 0 Å². The van der Waals surface area contributed by atoms with Gasteiger partial charge < -0.3 is 5.11 Å². The van der Waals surface area contributed by atoms with Crippen molar-refractivity contribution in [1.82, 2.24) is 0 Å². The molecule has 0 radical (unpaired) electrons. The molecule has 0 heterocycles. The second-order valence-electron chi connectivity index (χ2n) is 1.91. The molecule has 4 heteroatoms. The van der Waals surface area contributed by atoms with Gasteiger partial charge in [0.2, 0.25) is 0 Å². The SMILES string of the molecule is O=C(O)c1ccc(SF)cc1. The Morgan fingerprint density at radius 3 is 2.27 bits per heavy atom. The molecule has 2 nitrogen and oxygen atoms in total. The standard InChI is InChI=1S/C7H5FO2S/c8-11-6-3-1-5(2-4-6)7(9)10/h1-4H,(H,9,10). The van der Waals surface area contributed by atoms with Crippen molar-refractivity contribution in [2.45, 2.75) is 4.90 Å². The molecular weight excluding hydrogens is 167 g/mol. The fraction of sp³-hybridized carbons (Fsp3) is 0. The van der Waals surface area contributed by atoms with Crippen LogP contribution in [0.25, 0.3) is 0 Å². The maximum atomic E-state index is 11.8. The van der Waals surface area contributed by atoms with Gasteiger partial charge in [0.15, 0.2) is 0 Å². The van der Waals surface area contributed by atoms with Gasteiger partial charge in [-0.1, -0.05) is 0 Å². The molecule has 0 aliphatic carbocycles. The highest BCUT2D eigenvalue weighted by molar-refractivity contribution is 7.94. The van der Waals surface area contributed by atoms with Crippen LogP contribution in [0.2, 0.25) is 0 Å². The van der Waals surface area contributed by atoms with Gasteiger partial charge in [0.1, 0.15) is 0 Å². The number of carboxylic acids is 1. The number of aromatic carboxylic acids is 1. The summed E-state index contributed by atoms with van der Waals surface area (Å²) in [4.78, 5) is 10.7. The first-order valence-electron chi connectivity index (χ1n) is 2.86. The summed E-state index contributed by atoms with van der Waals surface area (Å²) < 4.78 is 11.8. The van der Waals surface area contributed by atoms with Crippen LogP contribution in [0, 0.1) is 0 Å². The van der Waals surface area contributed by atoms with Crippen LogP contribution in [0.5, 0.6) is 0 Å². The zero-order chi connectivity index (χ0) is 8.27. The minimum Gasteiger partial charge on any atom is -0.478 e. The molecule has 0 atom stereocenters. The van der Waals surface area contributed by atoms with Gasteiger partial charge in [0.05, 0.1) is 17.7 Å². The van der Waals surface area contributed by atoms with Crippen LogP contribution in [-0.2, 0) is 0 Å². The van der Waals surface area contributed by atoms with E-state index < -0.39 is 5.97 Å². The first-order valence-corrected chi connectivity index (χ1v) is 3.57. The largest absolute Gasteiger partial charge is 0.478 e. The van der Waals surface area contributed by atoms with Gasteiger partial charge in [-0.25, -0.2) is 4.79 Å². The average molecular weight is 172 g/mol. The molecule has 1 rings (SSSR count). The van der Waals surface area contributed by atoms with Crippen LogP contribution in [0.3, 0.4) is 0 Å². The van der Waals surface area contributed by atoms with Gasteiger partial charge in [0.25, 0.3) is 0 Å². The Labute approximate surface area is 67.3 Å². The van der Waals surface area contributed by atoms with E-state index in [0.717, 1.165) is 0 Å². The number of rotatable bonds is 2. The quantitative estimate of drug-likeness (QED) is 0.744. The highest BCUT2D eigenvalue weighted by Crippen LogP contribution is 2.18. The van der Waals surface area contributed by atoms with E-state index in [0.29, 0.717) is 4.90 Å². The maximum Gasteiger partial charge on any atom is 0.335 e. The van der Waals surface area contributed by atoms with E-state index in [1.807, 2.05) is 0 Å². The topological polar surface area (TPSA) is 37.3 Å². The van der Waals surface area contributed by atoms with E-state index >= 15 is 0 Å². The molecule has 0 fully saturated rings. The lowest BCUT2D eigenvalue weighted by atomic mass is 10.2. The Morgan fingerprint density at radius 1 is 1.36 bits per heavy atom. The van der Waals surface area contributed by atoms with E-state index in [-0.39, 0.29) is 17.7 Å². The second kappa shape index (κ2) is 3.39. The van der Waals surface area contributed by atoms with E-state index in [9.17, 15) is 8.68 Å². The van der Waals surface area contributed by atoms with Crippen LogP contribution in [0.1, 0.15) is 10.4 Å². The smallest absolute Gasteiger partial charge is 0.335 e. The summed E-state index contributed by atoms with van der Waals surface area (Å²) in [5.41, 5.74) is 0.169. The van der Waals surface area contributed by atoms with Gasteiger partial charge in [0, 0.05) is 4.90 Å². The average Bonchev–Trinajstić information content (AvgIpc) is 2.05. The molecule has 0 aliphatic rings. The zero-order valence-electron chi connectivity index (χ0n) is 5.45. The summed E-state index contributed by atoms with van der Waals surface area (Å²) in [5.74, 6) is -1.000. The highest BCUT2D eigenvalue weighted by Gasteiger charge is 2.00. The molecule has 0 aliphatic heterocycles. The Kier molecular flexibility index (Phi) is 2.48. The predicted molar refractivity (Wildman–Crippen MR) is 40.4 cm³/mol. The van der Waals surface area contributed by atoms with Crippen molar-refractivity contribution in [1.29, 1.82) is 0 Å². The lowest BCUT2D eigenvalue weighted by molar-refractivity contribution is 0.0697. The maximum absolute atomic E-state index is 11.8. The van der Waals surface area contributed by atoms with Crippen LogP contribution in [0.15, 0.2) is 29.2 Å². The fourth-order valence-electron chi connectivity index (χ4n) is 0.649. The predicted octanol–water partition coefficient (Wildman–Crippen LogP) is 2.36. The van der Waals surface area contributed by atoms with E-state index in [2.05, 4.69) is 0 Å². The number of hydrogen-bond donors (Lipinski definition) is 1. The minimum absolute atomic E-state index is 0.0963. The van der Waals surface area contributed by atoms with Crippen LogP contribution in [0.4, 0.5) is 3.89 Å². The Balaban J connectivity index is 2.91. The van der Waals surface area contributed by atoms with Crippen molar-refractivity contribution >= 4 is 18.1 Å². The number of benzene rings is 1. The Morgan fingerprint density at radius 2 is 1.91 bits per heavy atom. The third-order valence-electron chi connectivity index (χ3n) is 1.19. The molecule has 0 amide bonds. The van der Waals surface area contributed by atoms with Crippen molar-refractivity contribution in [2.75, 3.05) is 0 Å². The molecule has 1 aromatic rings. The summed E-state index contributed by atoms with van der Waals surface area (Å²) in [6.45, 7) is 0. The lowest BCUT2D eigenvalue weighted by Crippen LogP contribution is -1.94. The number of halogens is 1. The molecule has 58 valence electrons. The third kappa shape index (κ3) is 1.94. The summed E-state index contributed by atoms with van der Waals surface area (Å²) >= 11 is 0.0963. The zero-order valence-corrected chi connectivity index (χ0v) is 6.27. The van der Waals surface area contributed by atoms with Gasteiger partial charge in [-0.05, 0) is 24.3 Å². The molecule has 0 saturated carbocycles. The number of hydrogen-bond acceptors (Lipinski definition) is 2. The van der Waals surface area contributed by atoms with E-state index in [1.54, 1.807) is 0 Å². The molecule has 0 bridgehead atoms. The second-order valence-corrected chi connectivity index (χ2v) is 2.53. The highest BCUT2D eigenvalue weighted by atomic mass is 32.2. The molecule has 0 aromatic heterocycles. The van der Waals surface area contributed by atoms with Crippen molar-refractivity contribution in [3.05, 3.63) is 29.8 Å². The van der Waals surface area contributed by atoms with Crippen LogP contribution < -0.4 is 0 Å². The van der Waals surface area contributed by atoms with Crippen LogP contribution >= 0.6 is 12.1 Å². The number of carboxylic acid groups (broad SMARTS) is 1. The molecule has 0 unspecified atom stereocenters. The van der Waals surface area contributed by atoms with Crippen molar-refractivity contribution < 1.29 is 13.8 Å². The molecule has 0 saturated heterocycles. The first kappa shape index (κ1) is 8.07. The van der Waals surface area contributed by atoms with Crippen LogP contribution in [-0.4, -0.2) is 11.1 Å². The monoisotopic (exact) mass is 172 g/mol. The van der Waals surface area contributed by atoms with Gasteiger partial charge in [-0.2, -0.15) is 3.89 Å². The molecule has 0 spiro atoms. The summed E-state index contributed by atoms with van der Waals surface area (Å²) in [5, 5.41) is 8.45. The van der Waals surface area contributed by atoms with Crippen molar-refractivity contribution in [2.24, 2.45) is 0 Å². The minimum atomic E-state index is -1.000. The third-order valence-corrected chi connectivity index (χ3v) is 1.64. The van der Waals surface area contributed by atoms with Crippen molar-refractivity contribution in [3.63, 3.8) is 0 Å². The van der Waals surface area contributed by atoms with Crippen molar-refractivity contribution in [3.8, 4) is 0 Å². The van der Waals surface area contributed by atoms with E-state index in [1.165, 1.54) is 24.3 Å². The summed E-state index contributed by atoms with van der Waals surface area (Å²) in [6.07, 6.45) is 0. The normalized spacial score (nSPS) is 9.55. The Hall–Kier alpha value is -1.03. The lowest BCUT2D eigenvalue weighted by Gasteiger charge is -1.93. The molecule has 1 aromatic carbocycles. The summed E-state index contributed by atoms with van der Waals surface area (Å²) in [7, 11) is 0. The first-order chi connectivity index (χ1) is 5.24. The molecule has 11 heavy (non-hydrogen) atoms. The van der Waals surface area contributed by atoms with Gasteiger partial charge in [-0.15, -0.1) is 0 Å².